The van der Waals surface area contributed by atoms with Gasteiger partial charge >= 0.3 is 0 Å². The molecule has 2 aromatic carbocycles. The first-order valence-electron chi connectivity index (χ1n) is 11.7. The lowest BCUT2D eigenvalue weighted by molar-refractivity contribution is -0.384. The lowest BCUT2D eigenvalue weighted by Crippen LogP contribution is -2.51. The number of nitro groups is 1. The second kappa shape index (κ2) is 12.5. The Balaban J connectivity index is 2.47. The molecule has 0 aliphatic heterocycles. The van der Waals surface area contributed by atoms with Crippen LogP contribution in [0.2, 0.25) is 0 Å². The molecule has 0 unspecified atom stereocenters. The molecular weight excluding hydrogens is 500 g/mol. The number of amides is 2. The molecule has 0 saturated heterocycles. The Hall–Kier alpha value is -3.67. The highest BCUT2D eigenvalue weighted by atomic mass is 32.2. The number of nitrogens with one attached hydrogen (secondary N) is 1. The second-order valence-electron chi connectivity index (χ2n) is 9.19. The Kier molecular flexibility index (Phi) is 10.0. The quantitative estimate of drug-likeness (QED) is 0.326. The van der Waals surface area contributed by atoms with Gasteiger partial charge in [0.25, 0.3) is 5.69 Å². The minimum Gasteiger partial charge on any atom is -0.497 e. The molecule has 0 fully saturated rings. The number of non-ortho nitro benzene ring substituents is 1. The molecule has 11 nitrogen and oxygen atoms in total. The number of carbonyl (C=O) groups excluding carboxylic acids is 2. The van der Waals surface area contributed by atoms with Gasteiger partial charge in [-0.25, -0.2) is 8.42 Å². The Morgan fingerprint density at radius 2 is 1.81 bits per heavy atom. The number of rotatable bonds is 12. The highest BCUT2D eigenvalue weighted by Gasteiger charge is 2.31. The third-order valence-corrected chi connectivity index (χ3v) is 6.82. The van der Waals surface area contributed by atoms with Crippen LogP contribution in [0.4, 0.5) is 11.4 Å². The summed E-state index contributed by atoms with van der Waals surface area (Å²) in [6.07, 6.45) is 0.920. The van der Waals surface area contributed by atoms with Gasteiger partial charge < -0.3 is 15.0 Å². The van der Waals surface area contributed by atoms with Gasteiger partial charge in [0, 0.05) is 25.2 Å². The fourth-order valence-corrected chi connectivity index (χ4v) is 4.48. The molecule has 37 heavy (non-hydrogen) atoms. The van der Waals surface area contributed by atoms with Gasteiger partial charge in [0.15, 0.2) is 0 Å². The number of hydrogen-bond acceptors (Lipinski definition) is 7. The smallest absolute Gasteiger partial charge is 0.271 e. The molecule has 202 valence electrons. The van der Waals surface area contributed by atoms with Gasteiger partial charge in [-0.15, -0.1) is 0 Å². The van der Waals surface area contributed by atoms with Gasteiger partial charge in [-0.3, -0.25) is 24.0 Å². The number of nitrogens with zero attached hydrogens (tertiary/aromatic N) is 3. The van der Waals surface area contributed by atoms with Crippen molar-refractivity contribution in [1.82, 2.24) is 10.2 Å². The molecule has 0 aliphatic carbocycles. The summed E-state index contributed by atoms with van der Waals surface area (Å²) < 4.78 is 31.6. The lowest BCUT2D eigenvalue weighted by Gasteiger charge is -2.32. The first kappa shape index (κ1) is 29.6. The van der Waals surface area contributed by atoms with Gasteiger partial charge in [0.1, 0.15) is 18.3 Å². The first-order chi connectivity index (χ1) is 17.2. The van der Waals surface area contributed by atoms with E-state index >= 15 is 0 Å². The number of hydrogen-bond donors (Lipinski definition) is 1. The van der Waals surface area contributed by atoms with Crippen molar-refractivity contribution >= 4 is 33.2 Å². The lowest BCUT2D eigenvalue weighted by atomic mass is 10.1. The van der Waals surface area contributed by atoms with E-state index in [2.05, 4.69) is 5.32 Å². The predicted molar refractivity (Wildman–Crippen MR) is 141 cm³/mol. The molecule has 12 heteroatoms. The van der Waals surface area contributed by atoms with Crippen molar-refractivity contribution in [2.24, 2.45) is 5.92 Å². The van der Waals surface area contributed by atoms with Crippen LogP contribution >= 0.6 is 0 Å². The number of carbonyl (C=O) groups is 2. The number of aryl methyl sites for hydroxylation is 1. The second-order valence-corrected chi connectivity index (χ2v) is 11.1. The summed E-state index contributed by atoms with van der Waals surface area (Å²) in [6, 6.07) is 9.85. The highest BCUT2D eigenvalue weighted by Crippen LogP contribution is 2.28. The van der Waals surface area contributed by atoms with Gasteiger partial charge in [-0.2, -0.15) is 0 Å². The third kappa shape index (κ3) is 8.17. The van der Waals surface area contributed by atoms with Crippen LogP contribution < -0.4 is 14.4 Å². The molecule has 0 aliphatic rings. The fraction of sp³-hybridized carbons (Fsp3) is 0.440. The van der Waals surface area contributed by atoms with Crippen molar-refractivity contribution in [2.45, 2.75) is 40.3 Å². The van der Waals surface area contributed by atoms with Crippen LogP contribution in [-0.2, 0) is 26.2 Å². The maximum absolute atomic E-state index is 13.6. The van der Waals surface area contributed by atoms with Crippen LogP contribution in [0, 0.1) is 23.0 Å². The molecule has 2 amide bonds. The maximum Gasteiger partial charge on any atom is 0.271 e. The van der Waals surface area contributed by atoms with Gasteiger partial charge in [-0.1, -0.05) is 32.0 Å². The first-order valence-corrected chi connectivity index (χ1v) is 13.5. The number of ether oxygens (including phenoxy) is 1. The van der Waals surface area contributed by atoms with E-state index in [1.165, 1.54) is 24.1 Å². The number of anilines is 1. The molecule has 0 heterocycles. The average Bonchev–Trinajstić information content (AvgIpc) is 2.83. The van der Waals surface area contributed by atoms with Crippen LogP contribution in [0.25, 0.3) is 0 Å². The molecule has 2 rings (SSSR count). The van der Waals surface area contributed by atoms with Crippen molar-refractivity contribution in [3.63, 3.8) is 0 Å². The monoisotopic (exact) mass is 534 g/mol. The van der Waals surface area contributed by atoms with E-state index in [0.717, 1.165) is 16.6 Å². The molecule has 0 bridgehead atoms. The van der Waals surface area contributed by atoms with Crippen molar-refractivity contribution < 1.29 is 27.7 Å². The predicted octanol–water partition coefficient (Wildman–Crippen LogP) is 2.87. The van der Waals surface area contributed by atoms with E-state index in [1.807, 2.05) is 13.8 Å². The molecule has 1 atom stereocenters. The van der Waals surface area contributed by atoms with Crippen LogP contribution in [0.5, 0.6) is 5.75 Å². The van der Waals surface area contributed by atoms with Crippen LogP contribution in [0.1, 0.15) is 31.9 Å². The summed E-state index contributed by atoms with van der Waals surface area (Å²) in [4.78, 5) is 38.5. The van der Waals surface area contributed by atoms with E-state index in [-0.39, 0.29) is 29.7 Å². The Morgan fingerprint density at radius 3 is 2.38 bits per heavy atom. The summed E-state index contributed by atoms with van der Waals surface area (Å²) in [5.41, 5.74) is 0.819. The largest absolute Gasteiger partial charge is 0.497 e. The van der Waals surface area contributed by atoms with E-state index in [9.17, 15) is 28.1 Å². The Bertz CT molecular complexity index is 1250. The van der Waals surface area contributed by atoms with Crippen LogP contribution in [0.15, 0.2) is 42.5 Å². The minimum atomic E-state index is -4.02. The minimum absolute atomic E-state index is 0.0117. The topological polar surface area (TPSA) is 139 Å². The molecule has 2 aromatic rings. The molecule has 0 aromatic heterocycles. The fourth-order valence-electron chi connectivity index (χ4n) is 3.58. The molecule has 0 radical (unpaired) electrons. The van der Waals surface area contributed by atoms with Crippen molar-refractivity contribution in [3.05, 3.63) is 63.7 Å². The average molecular weight is 535 g/mol. The van der Waals surface area contributed by atoms with Gasteiger partial charge in [-0.05, 0) is 43.0 Å². The summed E-state index contributed by atoms with van der Waals surface area (Å²) in [5, 5.41) is 14.1. The number of methoxy groups -OCH3 is 1. The van der Waals surface area contributed by atoms with Crippen molar-refractivity contribution in [3.8, 4) is 5.75 Å². The third-order valence-electron chi connectivity index (χ3n) is 5.69. The molecule has 1 N–H and O–H groups in total. The standard InChI is InChI=1S/C25H34N4O7S/c1-17(2)14-26-25(31)19(4)27(15-20-8-7-9-22(12-20)36-5)24(30)16-28(37(6,34)35)23-13-21(29(32)33)11-10-18(23)3/h7-13,17,19H,14-16H2,1-6H3,(H,26,31)/t19-/m1/s1. The summed E-state index contributed by atoms with van der Waals surface area (Å²) >= 11 is 0. The summed E-state index contributed by atoms with van der Waals surface area (Å²) in [6.45, 7) is 6.82. The zero-order valence-electron chi connectivity index (χ0n) is 21.9. The molecule has 0 saturated carbocycles. The summed E-state index contributed by atoms with van der Waals surface area (Å²) in [7, 11) is -2.51. The van der Waals surface area contributed by atoms with Crippen molar-refractivity contribution in [1.29, 1.82) is 0 Å². The highest BCUT2D eigenvalue weighted by molar-refractivity contribution is 7.92. The van der Waals surface area contributed by atoms with Gasteiger partial charge in [0.05, 0.1) is 24.0 Å². The Morgan fingerprint density at radius 1 is 1.14 bits per heavy atom. The van der Waals surface area contributed by atoms with Gasteiger partial charge in [0.2, 0.25) is 21.8 Å². The normalized spacial score (nSPS) is 12.1. The zero-order chi connectivity index (χ0) is 27.9. The SMILES string of the molecule is COc1cccc(CN(C(=O)CN(c2cc([N+](=O)[O-])ccc2C)S(C)(=O)=O)[C@H](C)C(=O)NCC(C)C)c1. The van der Waals surface area contributed by atoms with E-state index in [1.54, 1.807) is 38.1 Å². The van der Waals surface area contributed by atoms with E-state index in [4.69, 9.17) is 4.74 Å². The van der Waals surface area contributed by atoms with Crippen LogP contribution in [0.3, 0.4) is 0 Å². The molecule has 0 spiro atoms. The number of sulfonamides is 1. The number of nitro benzene ring substituents is 1. The summed E-state index contributed by atoms with van der Waals surface area (Å²) in [5.74, 6) is -0.281. The molecular formula is C25H34N4O7S. The maximum atomic E-state index is 13.6. The number of benzene rings is 2. The van der Waals surface area contributed by atoms with E-state index < -0.39 is 33.4 Å². The zero-order valence-corrected chi connectivity index (χ0v) is 22.7. The van der Waals surface area contributed by atoms with E-state index in [0.29, 0.717) is 23.4 Å². The van der Waals surface area contributed by atoms with Crippen molar-refractivity contribution in [2.75, 3.05) is 30.8 Å². The van der Waals surface area contributed by atoms with Crippen LogP contribution in [-0.4, -0.2) is 62.6 Å². The Labute approximate surface area is 217 Å².